The lowest BCUT2D eigenvalue weighted by Gasteiger charge is -2.33. The Hall–Kier alpha value is -6.44. The van der Waals surface area contributed by atoms with Crippen molar-refractivity contribution >= 4 is 55.7 Å². The van der Waals surface area contributed by atoms with Crippen LogP contribution in [0.5, 0.6) is 0 Å². The minimum Gasteiger partial charge on any atom is -0.352 e. The summed E-state index contributed by atoms with van der Waals surface area (Å²) in [7, 11) is 0. The van der Waals surface area contributed by atoms with Crippen molar-refractivity contribution in [1.29, 1.82) is 0 Å². The van der Waals surface area contributed by atoms with Gasteiger partial charge in [-0.2, -0.15) is 0 Å². The highest BCUT2D eigenvalue weighted by Crippen LogP contribution is 2.39. The van der Waals surface area contributed by atoms with Gasteiger partial charge in [0.15, 0.2) is 6.29 Å². The van der Waals surface area contributed by atoms with Gasteiger partial charge in [0.25, 0.3) is 0 Å². The second-order valence-electron chi connectivity index (χ2n) is 12.8. The maximum Gasteiger partial charge on any atom is 0.200 e. The van der Waals surface area contributed by atoms with Gasteiger partial charge in [0.1, 0.15) is 18.2 Å². The number of hydrogen-bond donors (Lipinski definition) is 3. The zero-order valence-electron chi connectivity index (χ0n) is 27.1. The molecule has 2 aromatic heterocycles. The molecular formula is C43H33N7. The average molecular weight is 648 g/mol. The van der Waals surface area contributed by atoms with E-state index in [1.165, 1.54) is 32.6 Å². The van der Waals surface area contributed by atoms with Gasteiger partial charge in [0.05, 0.1) is 22.1 Å². The Labute approximate surface area is 288 Å². The minimum atomic E-state index is -0.336. The second-order valence-corrected chi connectivity index (χ2v) is 12.8. The van der Waals surface area contributed by atoms with E-state index in [0.29, 0.717) is 0 Å². The molecule has 3 N–H and O–H groups in total. The van der Waals surface area contributed by atoms with Crippen molar-refractivity contribution < 1.29 is 0 Å². The largest absolute Gasteiger partial charge is 0.352 e. The smallest absolute Gasteiger partial charge is 0.200 e. The molecule has 0 spiro atoms. The zero-order valence-corrected chi connectivity index (χ0v) is 27.1. The molecule has 6 aromatic carbocycles. The van der Waals surface area contributed by atoms with Crippen LogP contribution in [-0.4, -0.2) is 27.4 Å². The molecule has 0 bridgehead atoms. The van der Waals surface area contributed by atoms with E-state index in [0.717, 1.165) is 39.3 Å². The molecule has 7 heteroatoms. The first-order valence-electron chi connectivity index (χ1n) is 17.0. The maximum atomic E-state index is 5.15. The number of para-hydroxylation sites is 3. The summed E-state index contributed by atoms with van der Waals surface area (Å²) in [6.45, 7) is 0. The van der Waals surface area contributed by atoms with Crippen molar-refractivity contribution in [2.45, 2.75) is 18.6 Å². The lowest BCUT2D eigenvalue weighted by Crippen LogP contribution is -2.49. The summed E-state index contributed by atoms with van der Waals surface area (Å²) in [5.74, 6) is 0.847. The van der Waals surface area contributed by atoms with Crippen LogP contribution < -0.4 is 16.0 Å². The van der Waals surface area contributed by atoms with Crippen LogP contribution in [0.3, 0.4) is 0 Å². The molecule has 3 atom stereocenters. The number of amidine groups is 1. The summed E-state index contributed by atoms with van der Waals surface area (Å²) in [5, 5.41) is 15.8. The van der Waals surface area contributed by atoms with Crippen molar-refractivity contribution in [2.24, 2.45) is 9.98 Å². The van der Waals surface area contributed by atoms with Gasteiger partial charge in [0, 0.05) is 50.8 Å². The van der Waals surface area contributed by atoms with E-state index >= 15 is 0 Å². The Morgan fingerprint density at radius 3 is 1.94 bits per heavy atom. The summed E-state index contributed by atoms with van der Waals surface area (Å²) in [4.78, 5) is 10.3. The van der Waals surface area contributed by atoms with Crippen LogP contribution in [-0.2, 0) is 0 Å². The quantitative estimate of drug-likeness (QED) is 0.175. The van der Waals surface area contributed by atoms with Crippen LogP contribution >= 0.6 is 0 Å². The van der Waals surface area contributed by atoms with E-state index in [-0.39, 0.29) is 18.6 Å². The molecule has 240 valence electrons. The summed E-state index contributed by atoms with van der Waals surface area (Å²) >= 11 is 0. The van der Waals surface area contributed by atoms with Crippen LogP contribution in [0.1, 0.15) is 23.6 Å². The Kier molecular flexibility index (Phi) is 6.63. The van der Waals surface area contributed by atoms with Crippen LogP contribution in [0.15, 0.2) is 173 Å². The lowest BCUT2D eigenvalue weighted by atomic mass is 10.1. The third-order valence-electron chi connectivity index (χ3n) is 9.89. The fraction of sp³-hybridized carbons (Fsp3) is 0.0698. The number of fused-ring (bicyclic) bond motifs is 6. The van der Waals surface area contributed by atoms with Gasteiger partial charge in [0.2, 0.25) is 0 Å². The highest BCUT2D eigenvalue weighted by atomic mass is 15.3. The molecule has 4 heterocycles. The van der Waals surface area contributed by atoms with Gasteiger partial charge in [-0.15, -0.1) is 0 Å². The molecule has 2 aliphatic heterocycles. The van der Waals surface area contributed by atoms with E-state index in [9.17, 15) is 0 Å². The third-order valence-corrected chi connectivity index (χ3v) is 9.89. The number of hydrogen-bond acceptors (Lipinski definition) is 5. The summed E-state index contributed by atoms with van der Waals surface area (Å²) < 4.78 is 4.69. The van der Waals surface area contributed by atoms with Gasteiger partial charge in [-0.05, 0) is 42.0 Å². The van der Waals surface area contributed by atoms with E-state index in [4.69, 9.17) is 9.98 Å². The average Bonchev–Trinajstić information content (AvgIpc) is 3.70. The molecule has 10 rings (SSSR count). The van der Waals surface area contributed by atoms with Crippen LogP contribution in [0, 0.1) is 0 Å². The summed E-state index contributed by atoms with van der Waals surface area (Å²) in [6, 6.07) is 53.3. The first kappa shape index (κ1) is 28.6. The molecular weight excluding hydrogens is 615 g/mol. The molecule has 0 fully saturated rings. The number of aromatic nitrogens is 2. The molecule has 0 saturated heterocycles. The first-order chi connectivity index (χ1) is 24.8. The fourth-order valence-corrected chi connectivity index (χ4v) is 7.57. The Morgan fingerprint density at radius 1 is 0.560 bits per heavy atom. The molecule has 7 nitrogen and oxygen atoms in total. The summed E-state index contributed by atoms with van der Waals surface area (Å²) in [6.07, 6.45) is 3.29. The maximum absolute atomic E-state index is 5.15. The van der Waals surface area contributed by atoms with E-state index in [1.807, 2.05) is 30.5 Å². The fourth-order valence-electron chi connectivity index (χ4n) is 7.57. The van der Waals surface area contributed by atoms with Gasteiger partial charge in [-0.1, -0.05) is 115 Å². The molecule has 0 saturated carbocycles. The number of aliphatic imine (C=N–C) groups is 2. The molecule has 0 amide bonds. The van der Waals surface area contributed by atoms with Crippen LogP contribution in [0.2, 0.25) is 0 Å². The summed E-state index contributed by atoms with van der Waals surface area (Å²) in [5.41, 5.74) is 8.90. The van der Waals surface area contributed by atoms with Crippen molar-refractivity contribution in [3.63, 3.8) is 0 Å². The normalized spacial score (nSPS) is 19.0. The van der Waals surface area contributed by atoms with E-state index in [2.05, 4.69) is 159 Å². The highest BCUT2D eigenvalue weighted by molar-refractivity contribution is 6.18. The lowest BCUT2D eigenvalue weighted by molar-refractivity contribution is 0.430. The van der Waals surface area contributed by atoms with E-state index in [1.54, 1.807) is 0 Å². The van der Waals surface area contributed by atoms with Crippen molar-refractivity contribution in [1.82, 2.24) is 25.1 Å². The second kappa shape index (κ2) is 11.6. The monoisotopic (exact) mass is 647 g/mol. The Balaban J connectivity index is 1.08. The SMILES string of the molecule is C1=NC(n2c3ccccc3c3cc4c5ccccc5n(-c5ccccc5)c4cc32)NC=C1C1N=C(c2ccccc2)NC(c2ccccc2)N1. The highest BCUT2D eigenvalue weighted by Gasteiger charge is 2.28. The van der Waals surface area contributed by atoms with Gasteiger partial charge >= 0.3 is 0 Å². The minimum absolute atomic E-state index is 0.114. The van der Waals surface area contributed by atoms with Gasteiger partial charge in [-0.25, -0.2) is 9.98 Å². The molecule has 2 aliphatic rings. The predicted octanol–water partition coefficient (Wildman–Crippen LogP) is 8.57. The molecule has 3 unspecified atom stereocenters. The zero-order chi connectivity index (χ0) is 33.0. The molecule has 50 heavy (non-hydrogen) atoms. The Morgan fingerprint density at radius 2 is 1.20 bits per heavy atom. The molecule has 8 aromatic rings. The first-order valence-corrected chi connectivity index (χ1v) is 17.0. The predicted molar refractivity (Wildman–Crippen MR) is 205 cm³/mol. The number of benzene rings is 6. The number of nitrogens with one attached hydrogen (secondary N) is 3. The van der Waals surface area contributed by atoms with Crippen LogP contribution in [0.25, 0.3) is 49.3 Å². The van der Waals surface area contributed by atoms with E-state index < -0.39 is 0 Å². The topological polar surface area (TPSA) is 70.7 Å². The van der Waals surface area contributed by atoms with Crippen LogP contribution in [0.4, 0.5) is 0 Å². The van der Waals surface area contributed by atoms with Crippen molar-refractivity contribution in [2.75, 3.05) is 0 Å². The number of nitrogens with zero attached hydrogens (tertiary/aromatic N) is 4. The molecule has 0 aliphatic carbocycles. The third kappa shape index (κ3) is 4.63. The molecule has 0 radical (unpaired) electrons. The number of rotatable bonds is 5. The van der Waals surface area contributed by atoms with Gasteiger partial charge in [-0.3, -0.25) is 5.32 Å². The Bertz CT molecular complexity index is 2630. The van der Waals surface area contributed by atoms with Crippen molar-refractivity contribution in [3.8, 4) is 5.69 Å². The van der Waals surface area contributed by atoms with Gasteiger partial charge < -0.3 is 19.8 Å². The van der Waals surface area contributed by atoms with Crippen molar-refractivity contribution in [3.05, 3.63) is 175 Å². The standard InChI is InChI=1S/C43H33N7/c1-4-14-28(15-5-1)40-46-41(29-16-6-2-7-17-29)48-42(47-40)30-26-44-43(45-27-30)50-37-23-13-11-21-33(37)35-24-34-32-20-10-12-22-36(32)49(38(34)25-39(35)50)31-18-8-3-9-19-31/h1-27,40,42-44,47H,(H,46,48).